The second-order valence-electron chi connectivity index (χ2n) is 5.06. The van der Waals surface area contributed by atoms with Crippen LogP contribution in [-0.2, 0) is 14.3 Å². The third kappa shape index (κ3) is 4.44. The lowest BCUT2D eigenvalue weighted by molar-refractivity contribution is -0.148. The molecule has 18 heavy (non-hydrogen) atoms. The van der Waals surface area contributed by atoms with Crippen LogP contribution in [-0.4, -0.2) is 48.9 Å². The van der Waals surface area contributed by atoms with Crippen molar-refractivity contribution in [3.8, 4) is 0 Å². The Hall–Kier alpha value is -0.260. The molecule has 1 rings (SSSR count). The van der Waals surface area contributed by atoms with Crippen LogP contribution in [0.15, 0.2) is 0 Å². The fourth-order valence-corrected chi connectivity index (χ4v) is 3.53. The molecule has 0 radical (unpaired) electrons. The third-order valence-electron chi connectivity index (χ3n) is 3.13. The van der Waals surface area contributed by atoms with Crippen LogP contribution < -0.4 is 5.32 Å². The van der Waals surface area contributed by atoms with Gasteiger partial charge in [0.15, 0.2) is 0 Å². The van der Waals surface area contributed by atoms with E-state index >= 15 is 0 Å². The summed E-state index contributed by atoms with van der Waals surface area (Å²) in [5.74, 6) is -0.173. The molecule has 2 atom stereocenters. The number of rotatable bonds is 8. The van der Waals surface area contributed by atoms with Gasteiger partial charge in [-0.2, -0.15) is 11.8 Å². The van der Waals surface area contributed by atoms with E-state index in [4.69, 9.17) is 9.47 Å². The highest BCUT2D eigenvalue weighted by atomic mass is 32.2. The standard InChI is InChI=1S/C13H25NO3S/c1-5-6-14-13(3,12(15)16-4)7-10(2)18-11-8-17-9-11/h10-11,14H,5-9H2,1-4H3. The zero-order valence-corrected chi connectivity index (χ0v) is 12.6. The molecule has 0 spiro atoms. The second-order valence-corrected chi connectivity index (χ2v) is 6.80. The van der Waals surface area contributed by atoms with Crippen molar-refractivity contribution >= 4 is 17.7 Å². The Kier molecular flexibility index (Phi) is 6.46. The molecular weight excluding hydrogens is 250 g/mol. The van der Waals surface area contributed by atoms with E-state index in [1.54, 1.807) is 0 Å². The lowest BCUT2D eigenvalue weighted by Gasteiger charge is -2.33. The van der Waals surface area contributed by atoms with Gasteiger partial charge in [0.1, 0.15) is 5.54 Å². The van der Waals surface area contributed by atoms with Crippen molar-refractivity contribution in [2.75, 3.05) is 26.9 Å². The van der Waals surface area contributed by atoms with Gasteiger partial charge in [-0.1, -0.05) is 13.8 Å². The summed E-state index contributed by atoms with van der Waals surface area (Å²) < 4.78 is 10.1. The summed E-state index contributed by atoms with van der Waals surface area (Å²) in [6.45, 7) is 8.70. The van der Waals surface area contributed by atoms with E-state index in [9.17, 15) is 4.79 Å². The Bertz CT molecular complexity index is 271. The highest BCUT2D eigenvalue weighted by Crippen LogP contribution is 2.29. The molecule has 0 bridgehead atoms. The van der Waals surface area contributed by atoms with Crippen molar-refractivity contribution < 1.29 is 14.3 Å². The Morgan fingerprint density at radius 2 is 2.28 bits per heavy atom. The number of nitrogens with one attached hydrogen (secondary N) is 1. The first-order chi connectivity index (χ1) is 8.51. The molecule has 1 N–H and O–H groups in total. The highest BCUT2D eigenvalue weighted by Gasteiger charge is 2.36. The average molecular weight is 275 g/mol. The fourth-order valence-electron chi connectivity index (χ4n) is 2.10. The summed E-state index contributed by atoms with van der Waals surface area (Å²) in [6.07, 6.45) is 1.78. The molecule has 1 saturated heterocycles. The van der Waals surface area contributed by atoms with Crippen molar-refractivity contribution in [1.29, 1.82) is 0 Å². The first kappa shape index (κ1) is 15.8. The monoisotopic (exact) mass is 275 g/mol. The van der Waals surface area contributed by atoms with E-state index in [-0.39, 0.29) is 5.97 Å². The Labute approximate surface area is 114 Å². The van der Waals surface area contributed by atoms with Gasteiger partial charge in [-0.15, -0.1) is 0 Å². The molecule has 2 unspecified atom stereocenters. The SMILES string of the molecule is CCCNC(C)(CC(C)SC1COC1)C(=O)OC. The molecule has 0 amide bonds. The quantitative estimate of drug-likeness (QED) is 0.685. The third-order valence-corrected chi connectivity index (χ3v) is 4.42. The molecule has 0 aromatic rings. The largest absolute Gasteiger partial charge is 0.468 e. The number of methoxy groups -OCH3 is 1. The topological polar surface area (TPSA) is 47.6 Å². The van der Waals surface area contributed by atoms with Crippen LogP contribution in [0.25, 0.3) is 0 Å². The zero-order valence-electron chi connectivity index (χ0n) is 11.8. The molecule has 106 valence electrons. The maximum absolute atomic E-state index is 11.9. The van der Waals surface area contributed by atoms with Crippen molar-refractivity contribution in [3.05, 3.63) is 0 Å². The molecule has 4 nitrogen and oxygen atoms in total. The number of thioether (sulfide) groups is 1. The predicted molar refractivity (Wildman–Crippen MR) is 75.0 cm³/mol. The average Bonchev–Trinajstić information content (AvgIpc) is 2.30. The zero-order chi connectivity index (χ0) is 13.6. The fraction of sp³-hybridized carbons (Fsp3) is 0.923. The van der Waals surface area contributed by atoms with Gasteiger partial charge in [0.05, 0.1) is 25.6 Å². The van der Waals surface area contributed by atoms with E-state index in [1.807, 2.05) is 18.7 Å². The maximum atomic E-state index is 11.9. The van der Waals surface area contributed by atoms with Gasteiger partial charge >= 0.3 is 5.97 Å². The van der Waals surface area contributed by atoms with Gasteiger partial charge in [0.2, 0.25) is 0 Å². The number of hydrogen-bond acceptors (Lipinski definition) is 5. The summed E-state index contributed by atoms with van der Waals surface area (Å²) in [5.41, 5.74) is -0.582. The van der Waals surface area contributed by atoms with Crippen LogP contribution in [0.2, 0.25) is 0 Å². The van der Waals surface area contributed by atoms with Crippen LogP contribution >= 0.6 is 11.8 Å². The van der Waals surface area contributed by atoms with Crippen LogP contribution in [0, 0.1) is 0 Å². The van der Waals surface area contributed by atoms with Gasteiger partial charge < -0.3 is 14.8 Å². The van der Waals surface area contributed by atoms with Crippen LogP contribution in [0.5, 0.6) is 0 Å². The van der Waals surface area contributed by atoms with Crippen LogP contribution in [0.4, 0.5) is 0 Å². The molecule has 1 fully saturated rings. The summed E-state index contributed by atoms with van der Waals surface area (Å²) in [7, 11) is 1.45. The van der Waals surface area contributed by atoms with Crippen molar-refractivity contribution in [2.45, 2.75) is 49.7 Å². The van der Waals surface area contributed by atoms with Crippen molar-refractivity contribution in [1.82, 2.24) is 5.32 Å². The Morgan fingerprint density at radius 3 is 2.72 bits per heavy atom. The summed E-state index contributed by atoms with van der Waals surface area (Å²) in [5, 5.41) is 4.32. The van der Waals surface area contributed by atoms with Gasteiger partial charge in [0, 0.05) is 5.25 Å². The minimum atomic E-state index is -0.582. The van der Waals surface area contributed by atoms with E-state index in [0.29, 0.717) is 10.5 Å². The van der Waals surface area contributed by atoms with Crippen molar-refractivity contribution in [3.63, 3.8) is 0 Å². The highest BCUT2D eigenvalue weighted by molar-refractivity contribution is 8.00. The number of ether oxygens (including phenoxy) is 2. The van der Waals surface area contributed by atoms with Gasteiger partial charge in [-0.3, -0.25) is 4.79 Å². The predicted octanol–water partition coefficient (Wildman–Crippen LogP) is 1.83. The molecule has 1 aliphatic rings. The van der Waals surface area contributed by atoms with Gasteiger partial charge in [-0.25, -0.2) is 0 Å². The van der Waals surface area contributed by atoms with E-state index in [0.717, 1.165) is 32.6 Å². The molecule has 0 aromatic heterocycles. The maximum Gasteiger partial charge on any atom is 0.325 e. The smallest absolute Gasteiger partial charge is 0.325 e. The first-order valence-corrected chi connectivity index (χ1v) is 7.52. The molecule has 0 saturated carbocycles. The number of carbonyl (C=O) groups is 1. The molecule has 0 aromatic carbocycles. The normalized spacial score (nSPS) is 20.9. The summed E-state index contributed by atoms with van der Waals surface area (Å²) in [4.78, 5) is 11.9. The number of hydrogen-bond donors (Lipinski definition) is 1. The summed E-state index contributed by atoms with van der Waals surface area (Å²) in [6, 6.07) is 0. The van der Waals surface area contributed by atoms with Crippen molar-refractivity contribution in [2.24, 2.45) is 0 Å². The van der Waals surface area contributed by atoms with Gasteiger partial charge in [-0.05, 0) is 26.3 Å². The van der Waals surface area contributed by atoms with Crippen LogP contribution in [0.3, 0.4) is 0 Å². The van der Waals surface area contributed by atoms with Crippen LogP contribution in [0.1, 0.15) is 33.6 Å². The lowest BCUT2D eigenvalue weighted by Crippen LogP contribution is -2.52. The molecular formula is C13H25NO3S. The molecule has 5 heteroatoms. The minimum absolute atomic E-state index is 0.173. The summed E-state index contributed by atoms with van der Waals surface area (Å²) >= 11 is 1.90. The van der Waals surface area contributed by atoms with E-state index in [2.05, 4.69) is 19.2 Å². The van der Waals surface area contributed by atoms with E-state index < -0.39 is 5.54 Å². The first-order valence-electron chi connectivity index (χ1n) is 6.58. The Morgan fingerprint density at radius 1 is 1.61 bits per heavy atom. The van der Waals surface area contributed by atoms with Gasteiger partial charge in [0.25, 0.3) is 0 Å². The lowest BCUT2D eigenvalue weighted by atomic mass is 9.96. The number of carbonyl (C=O) groups excluding carboxylic acids is 1. The minimum Gasteiger partial charge on any atom is -0.468 e. The molecule has 0 aliphatic carbocycles. The second kappa shape index (κ2) is 7.36. The molecule has 1 heterocycles. The molecule has 1 aliphatic heterocycles. The van der Waals surface area contributed by atoms with E-state index in [1.165, 1.54) is 7.11 Å². The Balaban J connectivity index is 2.49. The number of esters is 1.